The standard InChI is InChI=1S/C23H36N4O2/c1-17-8-6-10-21(19(17)3)25-23(29)16-27-13-11-26(12-14-27)15-22(28)24-20-9-5-4-7-18(20)2/h6,8,10,18,20H,4-5,7,9,11-16H2,1-3H3,(H,24,28)(H,25,29)/p+2/t18-,20+/m1/s1. The minimum Gasteiger partial charge on any atom is -0.348 e. The number of hydrogen-bond acceptors (Lipinski definition) is 2. The zero-order valence-corrected chi connectivity index (χ0v) is 18.3. The molecule has 3 rings (SSSR count). The molecule has 2 atom stereocenters. The van der Waals surface area contributed by atoms with E-state index >= 15 is 0 Å². The molecule has 1 aromatic carbocycles. The van der Waals surface area contributed by atoms with E-state index in [2.05, 4.69) is 30.5 Å². The van der Waals surface area contributed by atoms with Crippen molar-refractivity contribution >= 4 is 17.5 Å². The smallest absolute Gasteiger partial charge is 0.279 e. The molecule has 2 amide bonds. The molecule has 2 aliphatic rings. The van der Waals surface area contributed by atoms with Crippen LogP contribution in [0.5, 0.6) is 0 Å². The minimum absolute atomic E-state index is 0.0705. The number of piperazine rings is 1. The SMILES string of the molecule is Cc1cccc(NC(=O)C[NH+]2CC[NH+](CC(=O)N[C@H]3CCCC[C@H]3C)CC2)c1C. The molecule has 6 nitrogen and oxygen atoms in total. The first-order chi connectivity index (χ1) is 13.9. The van der Waals surface area contributed by atoms with E-state index in [1.807, 2.05) is 19.1 Å². The maximum Gasteiger partial charge on any atom is 0.279 e. The summed E-state index contributed by atoms with van der Waals surface area (Å²) in [4.78, 5) is 27.5. The third-order valence-corrected chi connectivity index (χ3v) is 6.82. The molecule has 160 valence electrons. The first-order valence-corrected chi connectivity index (χ1v) is 11.2. The Morgan fingerprint density at radius 2 is 1.59 bits per heavy atom. The van der Waals surface area contributed by atoms with E-state index in [1.54, 1.807) is 0 Å². The number of hydrogen-bond donors (Lipinski definition) is 4. The van der Waals surface area contributed by atoms with Crippen LogP contribution in [0.3, 0.4) is 0 Å². The summed E-state index contributed by atoms with van der Waals surface area (Å²) in [5, 5.41) is 6.33. The first kappa shape index (κ1) is 21.8. The Hall–Kier alpha value is -1.92. The van der Waals surface area contributed by atoms with Gasteiger partial charge in [-0.3, -0.25) is 9.59 Å². The molecule has 0 spiro atoms. The van der Waals surface area contributed by atoms with E-state index in [0.717, 1.165) is 43.9 Å². The van der Waals surface area contributed by atoms with Crippen molar-refractivity contribution in [3.8, 4) is 0 Å². The van der Waals surface area contributed by atoms with Gasteiger partial charge in [-0.1, -0.05) is 31.9 Å². The Bertz CT molecular complexity index is 713. The lowest BCUT2D eigenvalue weighted by Gasteiger charge is -2.31. The van der Waals surface area contributed by atoms with Crippen LogP contribution >= 0.6 is 0 Å². The van der Waals surface area contributed by atoms with E-state index in [0.29, 0.717) is 25.0 Å². The number of aryl methyl sites for hydroxylation is 1. The van der Waals surface area contributed by atoms with Gasteiger partial charge in [0, 0.05) is 11.7 Å². The molecule has 6 heteroatoms. The summed E-state index contributed by atoms with van der Waals surface area (Å²) in [6.45, 7) is 11.2. The van der Waals surface area contributed by atoms with Crippen LogP contribution in [0.25, 0.3) is 0 Å². The molecule has 1 saturated heterocycles. The fourth-order valence-electron chi connectivity index (χ4n) is 4.63. The molecule has 1 aliphatic carbocycles. The third kappa shape index (κ3) is 6.28. The van der Waals surface area contributed by atoms with Crippen LogP contribution in [0, 0.1) is 19.8 Å². The van der Waals surface area contributed by atoms with Gasteiger partial charge in [-0.15, -0.1) is 0 Å². The number of rotatable bonds is 6. The highest BCUT2D eigenvalue weighted by molar-refractivity contribution is 5.92. The number of quaternary nitrogens is 2. The molecular formula is C23H38N4O2+2. The molecule has 1 saturated carbocycles. The number of nitrogens with one attached hydrogen (secondary N) is 4. The summed E-state index contributed by atoms with van der Waals surface area (Å²) in [6.07, 6.45) is 4.87. The molecule has 1 aliphatic heterocycles. The van der Waals surface area contributed by atoms with Gasteiger partial charge < -0.3 is 20.4 Å². The van der Waals surface area contributed by atoms with E-state index < -0.39 is 0 Å². The van der Waals surface area contributed by atoms with Gasteiger partial charge in [0.1, 0.15) is 26.2 Å². The number of anilines is 1. The molecule has 2 fully saturated rings. The molecule has 1 aromatic rings. The monoisotopic (exact) mass is 402 g/mol. The third-order valence-electron chi connectivity index (χ3n) is 6.82. The molecule has 4 N–H and O–H groups in total. The predicted molar refractivity (Wildman–Crippen MR) is 115 cm³/mol. The van der Waals surface area contributed by atoms with Gasteiger partial charge in [0.05, 0.1) is 0 Å². The molecule has 0 radical (unpaired) electrons. The second-order valence-electron chi connectivity index (χ2n) is 9.08. The van der Waals surface area contributed by atoms with Crippen LogP contribution < -0.4 is 20.4 Å². The predicted octanol–water partition coefficient (Wildman–Crippen LogP) is -0.280. The van der Waals surface area contributed by atoms with Crippen molar-refractivity contribution < 1.29 is 19.4 Å². The number of carbonyl (C=O) groups is 2. The molecule has 1 heterocycles. The zero-order valence-electron chi connectivity index (χ0n) is 18.3. The largest absolute Gasteiger partial charge is 0.348 e. The second kappa shape index (κ2) is 10.2. The quantitative estimate of drug-likeness (QED) is 0.529. The Morgan fingerprint density at radius 3 is 2.24 bits per heavy atom. The lowest BCUT2D eigenvalue weighted by atomic mass is 9.86. The van der Waals surface area contributed by atoms with Crippen LogP contribution in [0.15, 0.2) is 18.2 Å². The van der Waals surface area contributed by atoms with Crippen molar-refractivity contribution in [2.24, 2.45) is 5.92 Å². The summed E-state index contributed by atoms with van der Waals surface area (Å²) in [7, 11) is 0. The summed E-state index contributed by atoms with van der Waals surface area (Å²) < 4.78 is 0. The first-order valence-electron chi connectivity index (χ1n) is 11.2. The van der Waals surface area contributed by atoms with Gasteiger partial charge in [-0.2, -0.15) is 0 Å². The Kier molecular flexibility index (Phi) is 7.67. The van der Waals surface area contributed by atoms with Crippen molar-refractivity contribution in [1.29, 1.82) is 0 Å². The van der Waals surface area contributed by atoms with E-state index in [-0.39, 0.29) is 11.8 Å². The summed E-state index contributed by atoms with van der Waals surface area (Å²) in [6, 6.07) is 6.36. The van der Waals surface area contributed by atoms with Gasteiger partial charge in [0.15, 0.2) is 13.1 Å². The molecule has 29 heavy (non-hydrogen) atoms. The summed E-state index contributed by atoms with van der Waals surface area (Å²) in [5.74, 6) is 0.857. The van der Waals surface area contributed by atoms with Crippen LogP contribution in [0.1, 0.15) is 43.7 Å². The highest BCUT2D eigenvalue weighted by Gasteiger charge is 2.28. The normalized spacial score (nSPS) is 27.3. The zero-order chi connectivity index (χ0) is 20.8. The maximum absolute atomic E-state index is 12.5. The van der Waals surface area contributed by atoms with Gasteiger partial charge >= 0.3 is 0 Å². The Morgan fingerprint density at radius 1 is 0.966 bits per heavy atom. The summed E-state index contributed by atoms with van der Waals surface area (Å²) >= 11 is 0. The van der Waals surface area contributed by atoms with E-state index in [9.17, 15) is 9.59 Å². The van der Waals surface area contributed by atoms with Crippen LogP contribution in [-0.4, -0.2) is 57.1 Å². The highest BCUT2D eigenvalue weighted by atomic mass is 16.2. The Balaban J connectivity index is 1.38. The van der Waals surface area contributed by atoms with Gasteiger partial charge in [-0.05, 0) is 49.8 Å². The van der Waals surface area contributed by atoms with Gasteiger partial charge in [0.2, 0.25) is 0 Å². The van der Waals surface area contributed by atoms with Crippen molar-refractivity contribution in [1.82, 2.24) is 5.32 Å². The van der Waals surface area contributed by atoms with E-state index in [4.69, 9.17) is 0 Å². The fraction of sp³-hybridized carbons (Fsp3) is 0.652. The van der Waals surface area contributed by atoms with Crippen molar-refractivity contribution in [2.45, 2.75) is 52.5 Å². The second-order valence-corrected chi connectivity index (χ2v) is 9.08. The topological polar surface area (TPSA) is 67.1 Å². The van der Waals surface area contributed by atoms with Crippen LogP contribution in [0.4, 0.5) is 5.69 Å². The molecular weight excluding hydrogens is 364 g/mol. The van der Waals surface area contributed by atoms with Crippen LogP contribution in [0.2, 0.25) is 0 Å². The number of carbonyl (C=O) groups excluding carboxylic acids is 2. The highest BCUT2D eigenvalue weighted by Crippen LogP contribution is 2.23. The van der Waals surface area contributed by atoms with Crippen LogP contribution in [-0.2, 0) is 9.59 Å². The lowest BCUT2D eigenvalue weighted by Crippen LogP contribution is -3.28. The molecule has 0 aromatic heterocycles. The molecule has 0 unspecified atom stereocenters. The Labute approximate surface area is 175 Å². The number of benzene rings is 1. The lowest BCUT2D eigenvalue weighted by molar-refractivity contribution is -1.00. The maximum atomic E-state index is 12.5. The van der Waals surface area contributed by atoms with Gasteiger partial charge in [0.25, 0.3) is 11.8 Å². The van der Waals surface area contributed by atoms with Crippen molar-refractivity contribution in [2.75, 3.05) is 44.6 Å². The van der Waals surface area contributed by atoms with Crippen molar-refractivity contribution in [3.05, 3.63) is 29.3 Å². The number of amides is 2. The average molecular weight is 403 g/mol. The summed E-state index contributed by atoms with van der Waals surface area (Å²) in [5.41, 5.74) is 3.23. The van der Waals surface area contributed by atoms with E-state index in [1.165, 1.54) is 34.6 Å². The van der Waals surface area contributed by atoms with Gasteiger partial charge in [-0.25, -0.2) is 0 Å². The average Bonchev–Trinajstić information content (AvgIpc) is 2.69. The fourth-order valence-corrected chi connectivity index (χ4v) is 4.63. The van der Waals surface area contributed by atoms with Crippen molar-refractivity contribution in [3.63, 3.8) is 0 Å². The minimum atomic E-state index is 0.0705. The molecule has 0 bridgehead atoms.